The second kappa shape index (κ2) is 9.67. The fourth-order valence-corrected chi connectivity index (χ4v) is 3.54. The minimum atomic E-state index is -1.02. The molecule has 1 saturated heterocycles. The number of benzene rings is 1. The summed E-state index contributed by atoms with van der Waals surface area (Å²) >= 11 is 0. The fourth-order valence-electron chi connectivity index (χ4n) is 3.54. The van der Waals surface area contributed by atoms with Gasteiger partial charge in [-0.2, -0.15) is 0 Å². The van der Waals surface area contributed by atoms with Gasteiger partial charge in [0.2, 0.25) is 17.7 Å². The van der Waals surface area contributed by atoms with Crippen molar-refractivity contribution in [1.82, 2.24) is 10.6 Å². The number of carbonyl (C=O) groups is 4. The summed E-state index contributed by atoms with van der Waals surface area (Å²) in [7, 11) is 0. The number of fused-ring (bicyclic) bond motifs is 1. The number of carbonyl (C=O) groups excluding carboxylic acids is 3. The van der Waals surface area contributed by atoms with E-state index in [1.807, 2.05) is 0 Å². The summed E-state index contributed by atoms with van der Waals surface area (Å²) in [6, 6.07) is 4.39. The molecular weight excluding hydrogens is 406 g/mol. The molecule has 0 bridgehead atoms. The van der Waals surface area contributed by atoms with Crippen LogP contribution in [0.1, 0.15) is 26.7 Å². The van der Waals surface area contributed by atoms with E-state index in [4.69, 9.17) is 14.6 Å². The van der Waals surface area contributed by atoms with E-state index in [9.17, 15) is 19.2 Å². The van der Waals surface area contributed by atoms with E-state index >= 15 is 0 Å². The molecule has 3 N–H and O–H groups in total. The van der Waals surface area contributed by atoms with Crippen molar-refractivity contribution in [3.8, 4) is 11.5 Å². The molecule has 1 aromatic rings. The predicted octanol–water partition coefficient (Wildman–Crippen LogP) is 0.542. The van der Waals surface area contributed by atoms with Crippen molar-refractivity contribution in [2.75, 3.05) is 31.2 Å². The van der Waals surface area contributed by atoms with Gasteiger partial charge in [0.1, 0.15) is 19.3 Å². The number of aliphatic carboxylic acids is 1. The quantitative estimate of drug-likeness (QED) is 0.545. The summed E-state index contributed by atoms with van der Waals surface area (Å²) in [5.41, 5.74) is 0.622. The van der Waals surface area contributed by atoms with Crippen LogP contribution in [0, 0.1) is 11.8 Å². The van der Waals surface area contributed by atoms with E-state index in [1.165, 1.54) is 4.90 Å². The van der Waals surface area contributed by atoms with Crippen molar-refractivity contribution < 1.29 is 33.8 Å². The molecule has 0 aromatic heterocycles. The zero-order valence-electron chi connectivity index (χ0n) is 17.6. The average molecular weight is 433 g/mol. The third kappa shape index (κ3) is 5.44. The summed E-state index contributed by atoms with van der Waals surface area (Å²) in [6.07, 6.45) is -0.169. The molecule has 1 aromatic carbocycles. The van der Waals surface area contributed by atoms with E-state index in [2.05, 4.69) is 10.6 Å². The number of carboxylic acids is 1. The Hall–Kier alpha value is -3.30. The predicted molar refractivity (Wildman–Crippen MR) is 110 cm³/mol. The SMILES string of the molecule is CC(C)[C@H](NC(=O)[C@H]1CC(=O)N(c2ccc3c(c2)OCCO3)C1)C(=O)NCCC(=O)O. The van der Waals surface area contributed by atoms with Crippen LogP contribution in [-0.4, -0.2) is 61.1 Å². The lowest BCUT2D eigenvalue weighted by molar-refractivity contribution is -0.137. The molecule has 2 aliphatic rings. The molecule has 0 spiro atoms. The zero-order valence-corrected chi connectivity index (χ0v) is 17.6. The molecular formula is C21H27N3O7. The number of nitrogens with one attached hydrogen (secondary N) is 2. The molecule has 3 rings (SSSR count). The number of ether oxygens (including phenoxy) is 2. The van der Waals surface area contributed by atoms with Crippen molar-refractivity contribution >= 4 is 29.4 Å². The monoisotopic (exact) mass is 433 g/mol. The third-order valence-corrected chi connectivity index (χ3v) is 5.22. The van der Waals surface area contributed by atoms with Crippen LogP contribution in [0.25, 0.3) is 0 Å². The largest absolute Gasteiger partial charge is 0.486 e. The Morgan fingerprint density at radius 1 is 1.19 bits per heavy atom. The van der Waals surface area contributed by atoms with Crippen molar-refractivity contribution in [3.05, 3.63) is 18.2 Å². The van der Waals surface area contributed by atoms with Crippen molar-refractivity contribution in [1.29, 1.82) is 0 Å². The van der Waals surface area contributed by atoms with Crippen LogP contribution in [0.2, 0.25) is 0 Å². The summed E-state index contributed by atoms with van der Waals surface area (Å²) in [4.78, 5) is 49.9. The molecule has 1 fully saturated rings. The molecule has 2 aliphatic heterocycles. The molecule has 2 heterocycles. The summed E-state index contributed by atoms with van der Waals surface area (Å²) < 4.78 is 11.1. The normalized spacial score (nSPS) is 18.6. The molecule has 0 unspecified atom stereocenters. The number of nitrogens with zero attached hydrogens (tertiary/aromatic N) is 1. The zero-order chi connectivity index (χ0) is 22.5. The van der Waals surface area contributed by atoms with Crippen molar-refractivity contribution in [3.63, 3.8) is 0 Å². The van der Waals surface area contributed by atoms with E-state index in [0.29, 0.717) is 30.4 Å². The van der Waals surface area contributed by atoms with Crippen LogP contribution in [0.3, 0.4) is 0 Å². The highest BCUT2D eigenvalue weighted by atomic mass is 16.6. The van der Waals surface area contributed by atoms with E-state index in [0.717, 1.165) is 0 Å². The first kappa shape index (κ1) is 22.4. The van der Waals surface area contributed by atoms with Gasteiger partial charge in [-0.15, -0.1) is 0 Å². The van der Waals surface area contributed by atoms with Crippen LogP contribution >= 0.6 is 0 Å². The number of carboxylic acid groups (broad SMARTS) is 1. The number of amides is 3. The maximum Gasteiger partial charge on any atom is 0.305 e. The van der Waals surface area contributed by atoms with E-state index in [1.54, 1.807) is 32.0 Å². The maximum atomic E-state index is 12.8. The van der Waals surface area contributed by atoms with Gasteiger partial charge in [0.25, 0.3) is 0 Å². The molecule has 10 heteroatoms. The highest BCUT2D eigenvalue weighted by Crippen LogP contribution is 2.36. The Labute approximate surface area is 179 Å². The third-order valence-electron chi connectivity index (χ3n) is 5.22. The molecule has 0 aliphatic carbocycles. The molecule has 168 valence electrons. The molecule has 0 saturated carbocycles. The lowest BCUT2D eigenvalue weighted by Crippen LogP contribution is -2.51. The van der Waals surface area contributed by atoms with Gasteiger partial charge >= 0.3 is 5.97 Å². The number of rotatable bonds is 8. The van der Waals surface area contributed by atoms with Crippen molar-refractivity contribution in [2.45, 2.75) is 32.7 Å². The highest BCUT2D eigenvalue weighted by Gasteiger charge is 2.37. The fraction of sp³-hybridized carbons (Fsp3) is 0.524. The van der Waals surface area contributed by atoms with E-state index < -0.39 is 23.8 Å². The van der Waals surface area contributed by atoms with Crippen LogP contribution in [0.4, 0.5) is 5.69 Å². The molecule has 0 radical (unpaired) electrons. The maximum absolute atomic E-state index is 12.8. The van der Waals surface area contributed by atoms with Gasteiger partial charge in [-0.1, -0.05) is 13.8 Å². The standard InChI is InChI=1S/C21H27N3O7/c1-12(2)19(21(29)22-6-5-18(26)27)23-20(28)13-9-17(25)24(11-13)14-3-4-15-16(10-14)31-8-7-30-15/h3-4,10,12-13,19H,5-9,11H2,1-2H3,(H,22,29)(H,23,28)(H,26,27)/t13-,19-/m0/s1. The number of hydrogen-bond donors (Lipinski definition) is 3. The van der Waals surface area contributed by atoms with Crippen LogP contribution < -0.4 is 25.0 Å². The molecule has 31 heavy (non-hydrogen) atoms. The summed E-state index contributed by atoms with van der Waals surface area (Å²) in [5.74, 6) is -1.68. The summed E-state index contributed by atoms with van der Waals surface area (Å²) in [5, 5.41) is 13.9. The first-order valence-corrected chi connectivity index (χ1v) is 10.3. The van der Waals surface area contributed by atoms with E-state index in [-0.39, 0.29) is 43.7 Å². The lowest BCUT2D eigenvalue weighted by atomic mass is 10.0. The number of anilines is 1. The Morgan fingerprint density at radius 3 is 2.58 bits per heavy atom. The van der Waals surface area contributed by atoms with Gasteiger partial charge in [0, 0.05) is 31.3 Å². The van der Waals surface area contributed by atoms with Gasteiger partial charge in [-0.25, -0.2) is 0 Å². The number of hydrogen-bond acceptors (Lipinski definition) is 6. The minimum Gasteiger partial charge on any atom is -0.486 e. The molecule has 3 amide bonds. The Kier molecular flexibility index (Phi) is 6.98. The second-order valence-corrected chi connectivity index (χ2v) is 7.90. The van der Waals surface area contributed by atoms with Gasteiger partial charge in [0.05, 0.1) is 12.3 Å². The molecule has 2 atom stereocenters. The van der Waals surface area contributed by atoms with Crippen LogP contribution in [-0.2, 0) is 19.2 Å². The average Bonchev–Trinajstić information content (AvgIpc) is 3.12. The van der Waals surface area contributed by atoms with Crippen LogP contribution in [0.15, 0.2) is 18.2 Å². The smallest absolute Gasteiger partial charge is 0.305 e. The first-order valence-electron chi connectivity index (χ1n) is 10.3. The van der Waals surface area contributed by atoms with Gasteiger partial charge < -0.3 is 30.1 Å². The van der Waals surface area contributed by atoms with Crippen molar-refractivity contribution in [2.24, 2.45) is 11.8 Å². The summed E-state index contributed by atoms with van der Waals surface area (Å²) in [6.45, 7) is 4.63. The Morgan fingerprint density at radius 2 is 1.90 bits per heavy atom. The van der Waals surface area contributed by atoms with Gasteiger partial charge in [-0.05, 0) is 18.1 Å². The minimum absolute atomic E-state index is 0.0208. The Balaban J connectivity index is 1.62. The second-order valence-electron chi connectivity index (χ2n) is 7.90. The first-order chi connectivity index (χ1) is 14.8. The highest BCUT2D eigenvalue weighted by molar-refractivity contribution is 6.01. The van der Waals surface area contributed by atoms with Gasteiger partial charge in [0.15, 0.2) is 11.5 Å². The topological polar surface area (TPSA) is 134 Å². The van der Waals surface area contributed by atoms with Gasteiger partial charge in [-0.3, -0.25) is 19.2 Å². The molecule has 10 nitrogen and oxygen atoms in total. The Bertz CT molecular complexity index is 871. The van der Waals surface area contributed by atoms with Crippen LogP contribution in [0.5, 0.6) is 11.5 Å². The lowest BCUT2D eigenvalue weighted by Gasteiger charge is -2.24.